The molecule has 114 valence electrons. The van der Waals surface area contributed by atoms with Gasteiger partial charge in [-0.2, -0.15) is 0 Å². The molecule has 4 rings (SSSR count). The van der Waals surface area contributed by atoms with Crippen LogP contribution in [0.3, 0.4) is 0 Å². The number of halogens is 1. The molecular weight excluding hydrogens is 284 g/mol. The topological polar surface area (TPSA) is 24.5 Å². The first-order valence-corrected chi connectivity index (χ1v) is 8.57. The first-order valence-electron chi connectivity index (χ1n) is 8.19. The molecule has 0 aromatic heterocycles. The third-order valence-electron chi connectivity index (χ3n) is 5.20. The van der Waals surface area contributed by atoms with Gasteiger partial charge in [0.05, 0.1) is 6.61 Å². The van der Waals surface area contributed by atoms with E-state index in [9.17, 15) is 0 Å². The quantitative estimate of drug-likeness (QED) is 0.909. The summed E-state index contributed by atoms with van der Waals surface area (Å²) < 4.78 is 5.84. The zero-order chi connectivity index (χ0) is 14.2. The van der Waals surface area contributed by atoms with Gasteiger partial charge in [0.25, 0.3) is 0 Å². The van der Waals surface area contributed by atoms with Crippen molar-refractivity contribution in [3.8, 4) is 5.75 Å². The Labute approximate surface area is 131 Å². The Morgan fingerprint density at radius 1 is 1.33 bits per heavy atom. The predicted molar refractivity (Wildman–Crippen MR) is 85.1 cm³/mol. The van der Waals surface area contributed by atoms with Crippen molar-refractivity contribution in [3.63, 3.8) is 0 Å². The van der Waals surface area contributed by atoms with Gasteiger partial charge in [0.1, 0.15) is 5.75 Å². The largest absolute Gasteiger partial charge is 0.493 e. The second-order valence-electron chi connectivity index (χ2n) is 6.64. The van der Waals surface area contributed by atoms with Crippen LogP contribution in [-0.2, 0) is 13.0 Å². The van der Waals surface area contributed by atoms with Crippen molar-refractivity contribution in [3.05, 3.63) is 28.3 Å². The van der Waals surface area contributed by atoms with Gasteiger partial charge in [-0.15, -0.1) is 0 Å². The minimum absolute atomic E-state index is 0.747. The van der Waals surface area contributed by atoms with Crippen LogP contribution < -0.4 is 10.1 Å². The van der Waals surface area contributed by atoms with Crippen LogP contribution in [0.5, 0.6) is 5.75 Å². The van der Waals surface area contributed by atoms with E-state index in [0.717, 1.165) is 42.3 Å². The molecule has 4 heteroatoms. The lowest BCUT2D eigenvalue weighted by Gasteiger charge is -2.42. The SMILES string of the molecule is Clc1cc2c(c(CN3CCC4NCCCC4C3)c1)OCC2. The maximum atomic E-state index is 6.27. The molecular formula is C17H23ClN2O. The van der Waals surface area contributed by atoms with E-state index in [0.29, 0.717) is 0 Å². The van der Waals surface area contributed by atoms with Crippen LogP contribution in [0.1, 0.15) is 30.4 Å². The van der Waals surface area contributed by atoms with Crippen LogP contribution in [0, 0.1) is 5.92 Å². The van der Waals surface area contributed by atoms with Crippen molar-refractivity contribution < 1.29 is 4.74 Å². The molecule has 0 aliphatic carbocycles. The van der Waals surface area contributed by atoms with Crippen LogP contribution in [0.25, 0.3) is 0 Å². The van der Waals surface area contributed by atoms with Gasteiger partial charge >= 0.3 is 0 Å². The number of hydrogen-bond acceptors (Lipinski definition) is 3. The van der Waals surface area contributed by atoms with Gasteiger partial charge in [-0.05, 0) is 56.0 Å². The highest BCUT2D eigenvalue weighted by atomic mass is 35.5. The number of ether oxygens (including phenoxy) is 1. The number of fused-ring (bicyclic) bond motifs is 2. The molecule has 21 heavy (non-hydrogen) atoms. The van der Waals surface area contributed by atoms with Gasteiger partial charge in [-0.1, -0.05) is 11.6 Å². The molecule has 0 saturated carbocycles. The third-order valence-corrected chi connectivity index (χ3v) is 5.41. The normalized spacial score (nSPS) is 28.8. The maximum Gasteiger partial charge on any atom is 0.127 e. The molecule has 2 saturated heterocycles. The van der Waals surface area contributed by atoms with Crippen LogP contribution in [-0.4, -0.2) is 37.2 Å². The van der Waals surface area contributed by atoms with Crippen molar-refractivity contribution in [1.29, 1.82) is 0 Å². The summed E-state index contributed by atoms with van der Waals surface area (Å²) in [5.74, 6) is 1.92. The molecule has 2 fully saturated rings. The Morgan fingerprint density at radius 3 is 3.24 bits per heavy atom. The van der Waals surface area contributed by atoms with E-state index in [4.69, 9.17) is 16.3 Å². The summed E-state index contributed by atoms with van der Waals surface area (Å²) in [5, 5.41) is 4.53. The highest BCUT2D eigenvalue weighted by Gasteiger charge is 2.31. The van der Waals surface area contributed by atoms with Crippen LogP contribution in [0.2, 0.25) is 5.02 Å². The lowest BCUT2D eigenvalue weighted by molar-refractivity contribution is 0.108. The second-order valence-corrected chi connectivity index (χ2v) is 7.07. The summed E-state index contributed by atoms with van der Waals surface area (Å²) >= 11 is 6.27. The number of nitrogens with one attached hydrogen (secondary N) is 1. The molecule has 3 aliphatic rings. The number of benzene rings is 1. The van der Waals surface area contributed by atoms with Gasteiger partial charge in [-0.3, -0.25) is 4.90 Å². The van der Waals surface area contributed by atoms with Crippen molar-refractivity contribution in [2.24, 2.45) is 5.92 Å². The number of piperidine rings is 2. The molecule has 0 spiro atoms. The first kappa shape index (κ1) is 13.9. The van der Waals surface area contributed by atoms with Crippen molar-refractivity contribution >= 4 is 11.6 Å². The smallest absolute Gasteiger partial charge is 0.127 e. The summed E-state index contributed by atoms with van der Waals surface area (Å²) in [6.45, 7) is 5.37. The monoisotopic (exact) mass is 306 g/mol. The van der Waals surface area contributed by atoms with E-state index in [1.54, 1.807) is 0 Å². The van der Waals surface area contributed by atoms with Crippen LogP contribution >= 0.6 is 11.6 Å². The molecule has 0 bridgehead atoms. The Kier molecular flexibility index (Phi) is 3.82. The molecule has 3 nitrogen and oxygen atoms in total. The number of likely N-dealkylation sites (tertiary alicyclic amines) is 1. The second kappa shape index (κ2) is 5.79. The van der Waals surface area contributed by atoms with E-state index < -0.39 is 0 Å². The Bertz CT molecular complexity index is 534. The predicted octanol–water partition coefficient (Wildman–Crippen LogP) is 2.85. The third kappa shape index (κ3) is 2.79. The fourth-order valence-electron chi connectivity index (χ4n) is 4.17. The zero-order valence-electron chi connectivity index (χ0n) is 12.4. The highest BCUT2D eigenvalue weighted by molar-refractivity contribution is 6.30. The van der Waals surface area contributed by atoms with Crippen molar-refractivity contribution in [2.75, 3.05) is 26.2 Å². The van der Waals surface area contributed by atoms with E-state index in [2.05, 4.69) is 22.3 Å². The number of nitrogens with zero attached hydrogens (tertiary/aromatic N) is 1. The molecule has 2 unspecified atom stereocenters. The van der Waals surface area contributed by atoms with Crippen molar-refractivity contribution in [1.82, 2.24) is 10.2 Å². The summed E-state index contributed by atoms with van der Waals surface area (Å²) in [4.78, 5) is 2.59. The molecule has 1 N–H and O–H groups in total. The average Bonchev–Trinajstić information content (AvgIpc) is 2.95. The molecule has 0 radical (unpaired) electrons. The summed E-state index contributed by atoms with van der Waals surface area (Å²) in [5.41, 5.74) is 2.56. The highest BCUT2D eigenvalue weighted by Crippen LogP contribution is 2.34. The zero-order valence-corrected chi connectivity index (χ0v) is 13.2. The summed E-state index contributed by atoms with van der Waals surface area (Å²) in [7, 11) is 0. The van der Waals surface area contributed by atoms with Crippen LogP contribution in [0.4, 0.5) is 0 Å². The summed E-state index contributed by atoms with van der Waals surface area (Å²) in [6, 6.07) is 4.90. The van der Waals surface area contributed by atoms with Gasteiger partial charge in [-0.25, -0.2) is 0 Å². The Balaban J connectivity index is 1.49. The lowest BCUT2D eigenvalue weighted by atomic mass is 9.85. The van der Waals surface area contributed by atoms with Crippen molar-refractivity contribution in [2.45, 2.75) is 38.3 Å². The average molecular weight is 307 g/mol. The van der Waals surface area contributed by atoms with E-state index in [-0.39, 0.29) is 0 Å². The number of rotatable bonds is 2. The first-order chi connectivity index (χ1) is 10.3. The molecule has 1 aromatic rings. The lowest BCUT2D eigenvalue weighted by Crippen LogP contribution is -2.51. The minimum atomic E-state index is 0.747. The minimum Gasteiger partial charge on any atom is -0.493 e. The van der Waals surface area contributed by atoms with Gasteiger partial charge in [0.2, 0.25) is 0 Å². The molecule has 0 amide bonds. The van der Waals surface area contributed by atoms with Gasteiger partial charge < -0.3 is 10.1 Å². The molecule has 2 atom stereocenters. The molecule has 1 aromatic carbocycles. The Morgan fingerprint density at radius 2 is 2.29 bits per heavy atom. The standard InChI is InChI=1S/C17H23ClN2O/c18-15-8-12-4-7-21-17(12)14(9-15)11-20-6-3-16-13(10-20)2-1-5-19-16/h8-9,13,16,19H,1-7,10-11H2. The van der Waals surface area contributed by atoms with Crippen LogP contribution in [0.15, 0.2) is 12.1 Å². The van der Waals surface area contributed by atoms with Gasteiger partial charge in [0, 0.05) is 36.1 Å². The Hall–Kier alpha value is -0.770. The fraction of sp³-hybridized carbons (Fsp3) is 0.647. The molecule has 3 heterocycles. The van der Waals surface area contributed by atoms with E-state index in [1.807, 2.05) is 0 Å². The maximum absolute atomic E-state index is 6.27. The number of hydrogen-bond donors (Lipinski definition) is 1. The van der Waals surface area contributed by atoms with E-state index >= 15 is 0 Å². The molecule has 3 aliphatic heterocycles. The van der Waals surface area contributed by atoms with E-state index in [1.165, 1.54) is 50.0 Å². The van der Waals surface area contributed by atoms with Gasteiger partial charge in [0.15, 0.2) is 0 Å². The fourth-order valence-corrected chi connectivity index (χ4v) is 4.43. The summed E-state index contributed by atoms with van der Waals surface area (Å²) in [6.07, 6.45) is 4.97.